The molecule has 0 amide bonds. The third-order valence-electron chi connectivity index (χ3n) is 2.85. The molecule has 0 aromatic heterocycles. The Hall–Kier alpha value is -0.640. The van der Waals surface area contributed by atoms with Crippen molar-refractivity contribution in [2.45, 2.75) is 25.9 Å². The van der Waals surface area contributed by atoms with Crippen molar-refractivity contribution in [2.24, 2.45) is 5.73 Å². The second kappa shape index (κ2) is 5.62. The zero-order valence-corrected chi connectivity index (χ0v) is 10.6. The molecule has 0 spiro atoms. The number of halogens is 2. The molecule has 0 aliphatic carbocycles. The largest absolute Gasteiger partial charge is 0.329 e. The second-order valence-electron chi connectivity index (χ2n) is 4.18. The third-order valence-corrected chi connectivity index (χ3v) is 3.18. The Morgan fingerprint density at radius 2 is 2.06 bits per heavy atom. The van der Waals surface area contributed by atoms with Crippen LogP contribution < -0.4 is 5.73 Å². The van der Waals surface area contributed by atoms with Gasteiger partial charge in [-0.2, -0.15) is 0 Å². The summed E-state index contributed by atoms with van der Waals surface area (Å²) in [7, 11) is 1.99. The maximum Gasteiger partial charge on any atom is 0.124 e. The molecule has 0 radical (unpaired) electrons. The minimum Gasteiger partial charge on any atom is -0.329 e. The predicted octanol–water partition coefficient (Wildman–Crippen LogP) is 2.82. The molecular formula is C12H18ClFN2. The van der Waals surface area contributed by atoms with E-state index in [1.807, 2.05) is 7.05 Å². The summed E-state index contributed by atoms with van der Waals surface area (Å²) < 4.78 is 12.9. The summed E-state index contributed by atoms with van der Waals surface area (Å²) in [5.41, 5.74) is 6.63. The number of likely N-dealkylation sites (N-methyl/N-ethyl adjacent to an activating group) is 1. The third kappa shape index (κ3) is 2.94. The topological polar surface area (TPSA) is 29.3 Å². The normalized spacial score (nSPS) is 13.5. The van der Waals surface area contributed by atoms with Crippen LogP contribution in [-0.2, 0) is 0 Å². The van der Waals surface area contributed by atoms with Gasteiger partial charge in [-0.3, -0.25) is 4.90 Å². The van der Waals surface area contributed by atoms with E-state index in [0.29, 0.717) is 17.6 Å². The standard InChI is InChI=1S/C12H18ClFN2/c1-8(2)16(3)12(7-15)10-5-4-9(14)6-11(10)13/h4-6,8,12H,7,15H2,1-3H3. The lowest BCUT2D eigenvalue weighted by Gasteiger charge is -2.31. The lowest BCUT2D eigenvalue weighted by molar-refractivity contribution is 0.201. The summed E-state index contributed by atoms with van der Waals surface area (Å²) >= 11 is 6.03. The lowest BCUT2D eigenvalue weighted by atomic mass is 10.0. The molecule has 2 N–H and O–H groups in total. The molecule has 0 aliphatic rings. The molecule has 1 aromatic carbocycles. The highest BCUT2D eigenvalue weighted by Gasteiger charge is 2.20. The van der Waals surface area contributed by atoms with Gasteiger partial charge in [0, 0.05) is 23.7 Å². The van der Waals surface area contributed by atoms with Gasteiger partial charge in [-0.05, 0) is 38.6 Å². The Morgan fingerprint density at radius 1 is 1.44 bits per heavy atom. The molecule has 2 nitrogen and oxygen atoms in total. The van der Waals surface area contributed by atoms with Crippen molar-refractivity contribution in [3.05, 3.63) is 34.6 Å². The van der Waals surface area contributed by atoms with E-state index in [9.17, 15) is 4.39 Å². The van der Waals surface area contributed by atoms with Gasteiger partial charge >= 0.3 is 0 Å². The number of nitrogens with zero attached hydrogens (tertiary/aromatic N) is 1. The molecule has 0 fully saturated rings. The molecule has 1 unspecified atom stereocenters. The van der Waals surface area contributed by atoms with Crippen molar-refractivity contribution >= 4 is 11.6 Å². The van der Waals surface area contributed by atoms with Crippen molar-refractivity contribution in [2.75, 3.05) is 13.6 Å². The van der Waals surface area contributed by atoms with Crippen molar-refractivity contribution in [1.82, 2.24) is 4.90 Å². The van der Waals surface area contributed by atoms with Crippen LogP contribution in [0.5, 0.6) is 0 Å². The van der Waals surface area contributed by atoms with Gasteiger partial charge in [0.1, 0.15) is 5.82 Å². The predicted molar refractivity (Wildman–Crippen MR) is 66.1 cm³/mol. The van der Waals surface area contributed by atoms with E-state index in [1.165, 1.54) is 12.1 Å². The molecule has 16 heavy (non-hydrogen) atoms. The number of nitrogens with two attached hydrogens (primary N) is 1. The molecule has 0 heterocycles. The quantitative estimate of drug-likeness (QED) is 0.883. The van der Waals surface area contributed by atoms with Gasteiger partial charge < -0.3 is 5.73 Å². The molecule has 0 aliphatic heterocycles. The lowest BCUT2D eigenvalue weighted by Crippen LogP contribution is -2.35. The monoisotopic (exact) mass is 244 g/mol. The number of hydrogen-bond acceptors (Lipinski definition) is 2. The van der Waals surface area contributed by atoms with E-state index >= 15 is 0 Å². The van der Waals surface area contributed by atoms with Crippen LogP contribution in [0.15, 0.2) is 18.2 Å². The van der Waals surface area contributed by atoms with Gasteiger partial charge in [0.15, 0.2) is 0 Å². The van der Waals surface area contributed by atoms with E-state index in [4.69, 9.17) is 17.3 Å². The molecule has 4 heteroatoms. The smallest absolute Gasteiger partial charge is 0.124 e. The minimum atomic E-state index is -0.322. The van der Waals surface area contributed by atoms with Crippen molar-refractivity contribution < 1.29 is 4.39 Å². The SMILES string of the molecule is CC(C)N(C)C(CN)c1ccc(F)cc1Cl. The Labute approximate surface area is 101 Å². The molecule has 1 rings (SSSR count). The summed E-state index contributed by atoms with van der Waals surface area (Å²) in [6.45, 7) is 4.63. The molecular weight excluding hydrogens is 227 g/mol. The molecule has 90 valence electrons. The van der Waals surface area contributed by atoms with Crippen LogP contribution in [0.25, 0.3) is 0 Å². The van der Waals surface area contributed by atoms with Gasteiger partial charge in [-0.15, -0.1) is 0 Å². The van der Waals surface area contributed by atoms with Crippen LogP contribution in [0.4, 0.5) is 4.39 Å². The Balaban J connectivity index is 3.04. The fourth-order valence-electron chi connectivity index (χ4n) is 1.64. The summed E-state index contributed by atoms with van der Waals surface area (Å²) in [4.78, 5) is 2.12. The molecule has 0 bridgehead atoms. The Morgan fingerprint density at radius 3 is 2.50 bits per heavy atom. The van der Waals surface area contributed by atoms with Gasteiger partial charge in [0.25, 0.3) is 0 Å². The van der Waals surface area contributed by atoms with Gasteiger partial charge in [0.05, 0.1) is 0 Å². The van der Waals surface area contributed by atoms with Crippen LogP contribution in [0, 0.1) is 5.82 Å². The Bertz CT molecular complexity index is 355. The highest BCUT2D eigenvalue weighted by Crippen LogP contribution is 2.27. The first kappa shape index (κ1) is 13.4. The van der Waals surface area contributed by atoms with Crippen LogP contribution in [0.1, 0.15) is 25.5 Å². The number of hydrogen-bond donors (Lipinski definition) is 1. The van der Waals surface area contributed by atoms with Gasteiger partial charge in [-0.1, -0.05) is 17.7 Å². The summed E-state index contributed by atoms with van der Waals surface area (Å²) in [5.74, 6) is -0.322. The summed E-state index contributed by atoms with van der Waals surface area (Å²) in [6.07, 6.45) is 0. The minimum absolute atomic E-state index is 0.0214. The average molecular weight is 245 g/mol. The highest BCUT2D eigenvalue weighted by atomic mass is 35.5. The zero-order chi connectivity index (χ0) is 12.3. The van der Waals surface area contributed by atoms with Crippen LogP contribution in [-0.4, -0.2) is 24.5 Å². The van der Waals surface area contributed by atoms with Crippen molar-refractivity contribution in [1.29, 1.82) is 0 Å². The fourth-order valence-corrected chi connectivity index (χ4v) is 1.94. The molecule has 1 aromatic rings. The van der Waals surface area contributed by atoms with E-state index in [2.05, 4.69) is 18.7 Å². The molecule has 0 saturated carbocycles. The number of benzene rings is 1. The van der Waals surface area contributed by atoms with Crippen LogP contribution in [0.3, 0.4) is 0 Å². The molecule has 0 saturated heterocycles. The van der Waals surface area contributed by atoms with Crippen molar-refractivity contribution in [3.63, 3.8) is 0 Å². The summed E-state index contributed by atoms with van der Waals surface area (Å²) in [6, 6.07) is 4.82. The van der Waals surface area contributed by atoms with Gasteiger partial charge in [-0.25, -0.2) is 4.39 Å². The summed E-state index contributed by atoms with van der Waals surface area (Å²) in [5, 5.41) is 0.433. The van der Waals surface area contributed by atoms with E-state index in [1.54, 1.807) is 6.07 Å². The zero-order valence-electron chi connectivity index (χ0n) is 9.87. The molecule has 1 atom stereocenters. The maximum absolute atomic E-state index is 12.9. The van der Waals surface area contributed by atoms with Gasteiger partial charge in [0.2, 0.25) is 0 Å². The van der Waals surface area contributed by atoms with E-state index < -0.39 is 0 Å². The van der Waals surface area contributed by atoms with E-state index in [-0.39, 0.29) is 11.9 Å². The first-order chi connectivity index (χ1) is 7.47. The fraction of sp³-hybridized carbons (Fsp3) is 0.500. The van der Waals surface area contributed by atoms with Crippen LogP contribution >= 0.6 is 11.6 Å². The number of rotatable bonds is 4. The average Bonchev–Trinajstić information content (AvgIpc) is 2.21. The second-order valence-corrected chi connectivity index (χ2v) is 4.58. The Kier molecular flexibility index (Phi) is 4.71. The first-order valence-electron chi connectivity index (χ1n) is 5.34. The van der Waals surface area contributed by atoms with Crippen LogP contribution in [0.2, 0.25) is 5.02 Å². The maximum atomic E-state index is 12.9. The van der Waals surface area contributed by atoms with Crippen molar-refractivity contribution in [3.8, 4) is 0 Å². The first-order valence-corrected chi connectivity index (χ1v) is 5.72. The highest BCUT2D eigenvalue weighted by molar-refractivity contribution is 6.31. The van der Waals surface area contributed by atoms with E-state index in [0.717, 1.165) is 5.56 Å².